The molecule has 0 aromatic heterocycles. The van der Waals surface area contributed by atoms with E-state index < -0.39 is 17.1 Å². The van der Waals surface area contributed by atoms with Crippen LogP contribution in [0.25, 0.3) is 0 Å². The van der Waals surface area contributed by atoms with E-state index >= 15 is 0 Å². The molecule has 0 spiro atoms. The molecular formula is C20H26O5. The summed E-state index contributed by atoms with van der Waals surface area (Å²) in [5.41, 5.74) is -1.29. The second-order valence-corrected chi connectivity index (χ2v) is 8.99. The van der Waals surface area contributed by atoms with Gasteiger partial charge in [-0.05, 0) is 24.7 Å². The summed E-state index contributed by atoms with van der Waals surface area (Å²) in [7, 11) is 0. The number of fused-ring (bicyclic) bond motifs is 6. The van der Waals surface area contributed by atoms with Gasteiger partial charge >= 0.3 is 5.97 Å². The highest BCUT2D eigenvalue weighted by Gasteiger charge is 2.72. The Kier molecular flexibility index (Phi) is 3.17. The molecule has 0 amide bonds. The van der Waals surface area contributed by atoms with Gasteiger partial charge in [-0.1, -0.05) is 32.9 Å². The largest absolute Gasteiger partial charge is 0.435 e. The van der Waals surface area contributed by atoms with E-state index in [2.05, 4.69) is 12.2 Å². The summed E-state index contributed by atoms with van der Waals surface area (Å²) in [6.07, 6.45) is 5.97. The van der Waals surface area contributed by atoms with Crippen molar-refractivity contribution in [2.45, 2.75) is 58.5 Å². The van der Waals surface area contributed by atoms with Crippen LogP contribution in [0.15, 0.2) is 12.2 Å². The van der Waals surface area contributed by atoms with Gasteiger partial charge < -0.3 is 14.2 Å². The Bertz CT molecular complexity index is 669. The molecule has 0 radical (unpaired) electrons. The third-order valence-corrected chi connectivity index (χ3v) is 8.08. The minimum atomic E-state index is -0.719. The summed E-state index contributed by atoms with van der Waals surface area (Å²) in [5, 5.41) is 0. The Hall–Kier alpha value is -1.20. The zero-order chi connectivity index (χ0) is 17.6. The molecule has 5 heteroatoms. The van der Waals surface area contributed by atoms with Crippen molar-refractivity contribution in [3.05, 3.63) is 12.2 Å². The molecule has 3 heterocycles. The van der Waals surface area contributed by atoms with Crippen molar-refractivity contribution >= 4 is 11.8 Å². The molecule has 3 aliphatic heterocycles. The van der Waals surface area contributed by atoms with Crippen molar-refractivity contribution in [1.82, 2.24) is 0 Å². The highest BCUT2D eigenvalue weighted by Crippen LogP contribution is 2.67. The van der Waals surface area contributed by atoms with Crippen LogP contribution in [-0.2, 0) is 23.8 Å². The van der Waals surface area contributed by atoms with E-state index in [1.165, 1.54) is 0 Å². The summed E-state index contributed by atoms with van der Waals surface area (Å²) in [6, 6.07) is 0. The standard InChI is InChI=1S/C20H26O5/c1-10(2)20(7-6-11-8-15(21)19(11,20)3)18(22)25-17-16-12(9-23-17)13-4-5-14(16)24-13/h4-5,10-14,16-17H,6-9H2,1-3H3/t11?,12-,13?,14?,16-,17?,19?,20?/m1/s1. The summed E-state index contributed by atoms with van der Waals surface area (Å²) >= 11 is 0. The lowest BCUT2D eigenvalue weighted by atomic mass is 9.49. The lowest BCUT2D eigenvalue weighted by molar-refractivity contribution is -0.206. The van der Waals surface area contributed by atoms with Gasteiger partial charge in [-0.3, -0.25) is 9.59 Å². The predicted molar refractivity (Wildman–Crippen MR) is 88.3 cm³/mol. The first-order chi connectivity index (χ1) is 11.9. The third-order valence-electron chi connectivity index (χ3n) is 8.08. The van der Waals surface area contributed by atoms with Crippen molar-refractivity contribution in [3.63, 3.8) is 0 Å². The van der Waals surface area contributed by atoms with Crippen molar-refractivity contribution in [3.8, 4) is 0 Å². The quantitative estimate of drug-likeness (QED) is 0.580. The molecular weight excluding hydrogens is 320 g/mol. The number of rotatable bonds is 3. The summed E-state index contributed by atoms with van der Waals surface area (Å²) in [6.45, 7) is 6.64. The smallest absolute Gasteiger partial charge is 0.315 e. The second-order valence-electron chi connectivity index (χ2n) is 8.99. The number of esters is 1. The summed E-state index contributed by atoms with van der Waals surface area (Å²) < 4.78 is 17.7. The molecule has 5 nitrogen and oxygen atoms in total. The Morgan fingerprint density at radius 1 is 1.32 bits per heavy atom. The maximum absolute atomic E-state index is 13.4. The molecule has 8 atom stereocenters. The first-order valence-corrected chi connectivity index (χ1v) is 9.59. The second kappa shape index (κ2) is 4.95. The minimum absolute atomic E-state index is 0.0115. The number of hydrogen-bond acceptors (Lipinski definition) is 5. The zero-order valence-electron chi connectivity index (χ0n) is 15.1. The molecule has 6 unspecified atom stereocenters. The topological polar surface area (TPSA) is 61.8 Å². The van der Waals surface area contributed by atoms with E-state index in [9.17, 15) is 9.59 Å². The van der Waals surface area contributed by atoms with Crippen molar-refractivity contribution in [2.24, 2.45) is 34.5 Å². The number of ketones is 1. The lowest BCUT2D eigenvalue weighted by Gasteiger charge is -2.51. The maximum atomic E-state index is 13.4. The molecule has 25 heavy (non-hydrogen) atoms. The van der Waals surface area contributed by atoms with Gasteiger partial charge in [0, 0.05) is 17.8 Å². The molecule has 4 fully saturated rings. The molecule has 5 aliphatic rings. The van der Waals surface area contributed by atoms with E-state index in [1.54, 1.807) is 0 Å². The van der Waals surface area contributed by atoms with E-state index in [0.29, 0.717) is 18.9 Å². The fraction of sp³-hybridized carbons (Fsp3) is 0.800. The summed E-state index contributed by atoms with van der Waals surface area (Å²) in [4.78, 5) is 25.9. The van der Waals surface area contributed by atoms with Gasteiger partial charge in [0.15, 0.2) is 0 Å². The monoisotopic (exact) mass is 346 g/mol. The number of Topliss-reactive ketones (excluding diaryl/α,β-unsaturated/α-hetero) is 1. The van der Waals surface area contributed by atoms with Crippen LogP contribution in [0.3, 0.4) is 0 Å². The van der Waals surface area contributed by atoms with Crippen LogP contribution in [0.4, 0.5) is 0 Å². The normalized spacial score (nSPS) is 52.4. The molecule has 2 bridgehead atoms. The fourth-order valence-corrected chi connectivity index (χ4v) is 6.46. The Morgan fingerprint density at radius 2 is 2.08 bits per heavy atom. The van der Waals surface area contributed by atoms with Crippen molar-refractivity contribution in [1.29, 1.82) is 0 Å². The fourth-order valence-electron chi connectivity index (χ4n) is 6.46. The van der Waals surface area contributed by atoms with Crippen LogP contribution in [0, 0.1) is 34.5 Å². The molecule has 0 aromatic rings. The highest BCUT2D eigenvalue weighted by atomic mass is 16.7. The van der Waals surface area contributed by atoms with Crippen LogP contribution in [-0.4, -0.2) is 36.9 Å². The van der Waals surface area contributed by atoms with Gasteiger partial charge in [0.1, 0.15) is 5.78 Å². The minimum Gasteiger partial charge on any atom is -0.435 e. The lowest BCUT2D eigenvalue weighted by Crippen LogP contribution is -2.59. The van der Waals surface area contributed by atoms with Gasteiger partial charge in [-0.25, -0.2) is 0 Å². The third kappa shape index (κ3) is 1.72. The van der Waals surface area contributed by atoms with E-state index in [0.717, 1.165) is 12.8 Å². The average Bonchev–Trinajstić information content (AvgIpc) is 3.30. The average molecular weight is 346 g/mol. The predicted octanol–water partition coefficient (Wildman–Crippen LogP) is 2.49. The highest BCUT2D eigenvalue weighted by molar-refractivity contribution is 5.98. The number of carbonyl (C=O) groups is 2. The van der Waals surface area contributed by atoms with Gasteiger partial charge in [0.05, 0.1) is 30.1 Å². The van der Waals surface area contributed by atoms with E-state index in [-0.39, 0.29) is 41.7 Å². The molecule has 2 aliphatic carbocycles. The Labute approximate surface area is 148 Å². The van der Waals surface area contributed by atoms with Gasteiger partial charge in [-0.2, -0.15) is 0 Å². The first-order valence-electron chi connectivity index (χ1n) is 9.59. The van der Waals surface area contributed by atoms with Crippen LogP contribution in [0.2, 0.25) is 0 Å². The number of hydrogen-bond donors (Lipinski definition) is 0. The van der Waals surface area contributed by atoms with Gasteiger partial charge in [0.2, 0.25) is 6.29 Å². The SMILES string of the molecule is CC(C)C1(C(=O)OC2OC[C@@H]3C4C=CC(O4)[C@H]23)CCC2CC(=O)C21C. The van der Waals surface area contributed by atoms with Gasteiger partial charge in [-0.15, -0.1) is 0 Å². The molecule has 5 rings (SSSR count). The molecule has 0 aromatic carbocycles. The maximum Gasteiger partial charge on any atom is 0.315 e. The molecule has 2 saturated carbocycles. The summed E-state index contributed by atoms with van der Waals surface area (Å²) in [5.74, 6) is 0.730. The number of carbonyl (C=O) groups excluding carboxylic acids is 2. The molecule has 0 N–H and O–H groups in total. The Balaban J connectivity index is 1.42. The molecule has 2 saturated heterocycles. The first kappa shape index (κ1) is 16.0. The van der Waals surface area contributed by atoms with Crippen LogP contribution in [0.5, 0.6) is 0 Å². The van der Waals surface area contributed by atoms with E-state index in [1.807, 2.05) is 20.8 Å². The van der Waals surface area contributed by atoms with Crippen LogP contribution in [0.1, 0.15) is 40.0 Å². The van der Waals surface area contributed by atoms with Crippen LogP contribution < -0.4 is 0 Å². The van der Waals surface area contributed by atoms with E-state index in [4.69, 9.17) is 14.2 Å². The Morgan fingerprint density at radius 3 is 2.80 bits per heavy atom. The van der Waals surface area contributed by atoms with Crippen molar-refractivity contribution in [2.75, 3.05) is 6.61 Å². The number of ether oxygens (including phenoxy) is 3. The molecule has 136 valence electrons. The zero-order valence-corrected chi connectivity index (χ0v) is 15.1. The van der Waals surface area contributed by atoms with Crippen molar-refractivity contribution < 1.29 is 23.8 Å². The van der Waals surface area contributed by atoms with Gasteiger partial charge in [0.25, 0.3) is 0 Å². The van der Waals surface area contributed by atoms with Crippen LogP contribution >= 0.6 is 0 Å².